The van der Waals surface area contributed by atoms with Gasteiger partial charge in [0.25, 0.3) is 11.8 Å². The molecule has 1 aromatic heterocycles. The average molecular weight is 352 g/mol. The summed E-state index contributed by atoms with van der Waals surface area (Å²) in [5.41, 5.74) is 5.24. The summed E-state index contributed by atoms with van der Waals surface area (Å²) in [6.07, 6.45) is 1.45. The molecule has 7 nitrogen and oxygen atoms in total. The molecule has 0 aliphatic carbocycles. The molecule has 1 atom stereocenters. The van der Waals surface area contributed by atoms with E-state index in [1.165, 1.54) is 18.0 Å². The number of aliphatic hydroxyl groups is 1. The van der Waals surface area contributed by atoms with Gasteiger partial charge in [0, 0.05) is 30.9 Å². The molecule has 0 bridgehead atoms. The Balaban J connectivity index is 2.33. The maximum Gasteiger partial charge on any atom is 0.286 e. The first-order valence-corrected chi connectivity index (χ1v) is 7.99. The zero-order valence-electron chi connectivity index (χ0n) is 14.9. The van der Waals surface area contributed by atoms with Crippen LogP contribution in [-0.4, -0.2) is 51.0 Å². The molecule has 0 aliphatic rings. The maximum atomic E-state index is 12.1. The number of nitrogens with zero attached hydrogens (tertiary/aromatic N) is 3. The molecule has 134 valence electrons. The Bertz CT molecular complexity index is 897. The second kappa shape index (κ2) is 7.76. The van der Waals surface area contributed by atoms with Gasteiger partial charge in [0.05, 0.1) is 5.69 Å². The fourth-order valence-electron chi connectivity index (χ4n) is 2.16. The molecule has 0 saturated heterocycles. The van der Waals surface area contributed by atoms with Gasteiger partial charge in [-0.15, -0.1) is 0 Å². The van der Waals surface area contributed by atoms with Crippen LogP contribution >= 0.6 is 0 Å². The number of carbonyl (C=O) groups is 2. The van der Waals surface area contributed by atoms with E-state index in [4.69, 9.17) is 5.73 Å². The smallest absolute Gasteiger partial charge is 0.286 e. The van der Waals surface area contributed by atoms with Crippen molar-refractivity contribution in [3.05, 3.63) is 47.9 Å². The summed E-state index contributed by atoms with van der Waals surface area (Å²) in [5, 5.41) is 10.3. The Hall–Kier alpha value is -3.24. The molecule has 0 spiro atoms. The van der Waals surface area contributed by atoms with Crippen molar-refractivity contribution in [3.8, 4) is 23.1 Å². The number of aromatic nitrogens is 2. The SMILES string of the molecule is CCN(C)C(=O)C(C)(O)C#Cc1cccc(-c2ccnc(C(N)=O)n2)c1. The Labute approximate surface area is 151 Å². The van der Waals surface area contributed by atoms with Crippen molar-refractivity contribution in [1.29, 1.82) is 0 Å². The van der Waals surface area contributed by atoms with E-state index in [1.54, 1.807) is 37.4 Å². The van der Waals surface area contributed by atoms with Gasteiger partial charge in [-0.2, -0.15) is 0 Å². The molecule has 0 radical (unpaired) electrons. The summed E-state index contributed by atoms with van der Waals surface area (Å²) < 4.78 is 0. The van der Waals surface area contributed by atoms with Crippen LogP contribution in [0, 0.1) is 11.8 Å². The third-order valence-electron chi connectivity index (χ3n) is 3.72. The van der Waals surface area contributed by atoms with Crippen LogP contribution in [0.25, 0.3) is 11.3 Å². The first-order valence-electron chi connectivity index (χ1n) is 7.99. The minimum Gasteiger partial charge on any atom is -0.370 e. The molecular weight excluding hydrogens is 332 g/mol. The number of benzene rings is 1. The van der Waals surface area contributed by atoms with E-state index in [0.717, 1.165) is 0 Å². The predicted octanol–water partition coefficient (Wildman–Crippen LogP) is 0.823. The van der Waals surface area contributed by atoms with Gasteiger partial charge >= 0.3 is 0 Å². The number of hydrogen-bond donors (Lipinski definition) is 2. The van der Waals surface area contributed by atoms with Gasteiger partial charge in [-0.3, -0.25) is 9.59 Å². The van der Waals surface area contributed by atoms with Crippen molar-refractivity contribution in [2.24, 2.45) is 5.73 Å². The number of hydrogen-bond acceptors (Lipinski definition) is 5. The fourth-order valence-corrected chi connectivity index (χ4v) is 2.16. The second-order valence-electron chi connectivity index (χ2n) is 5.85. The molecule has 1 aromatic carbocycles. The topological polar surface area (TPSA) is 109 Å². The highest BCUT2D eigenvalue weighted by atomic mass is 16.3. The highest BCUT2D eigenvalue weighted by Gasteiger charge is 2.30. The van der Waals surface area contributed by atoms with E-state index in [9.17, 15) is 14.7 Å². The third-order valence-corrected chi connectivity index (χ3v) is 3.72. The zero-order valence-corrected chi connectivity index (χ0v) is 14.9. The number of nitrogens with two attached hydrogens (primary N) is 1. The number of rotatable bonds is 4. The van der Waals surface area contributed by atoms with Crippen molar-refractivity contribution in [3.63, 3.8) is 0 Å². The van der Waals surface area contributed by atoms with E-state index >= 15 is 0 Å². The number of primary amides is 1. The van der Waals surface area contributed by atoms with Crippen molar-refractivity contribution in [2.45, 2.75) is 19.4 Å². The molecular formula is C19H20N4O3. The van der Waals surface area contributed by atoms with Crippen LogP contribution in [0.15, 0.2) is 36.5 Å². The van der Waals surface area contributed by atoms with E-state index in [2.05, 4.69) is 21.8 Å². The first-order chi connectivity index (χ1) is 12.2. The Morgan fingerprint density at radius 1 is 1.35 bits per heavy atom. The van der Waals surface area contributed by atoms with Gasteiger partial charge in [-0.05, 0) is 32.0 Å². The normalized spacial score (nSPS) is 12.5. The van der Waals surface area contributed by atoms with Crippen molar-refractivity contribution in [2.75, 3.05) is 13.6 Å². The number of amides is 2. The van der Waals surface area contributed by atoms with Crippen molar-refractivity contribution >= 4 is 11.8 Å². The fraction of sp³-hybridized carbons (Fsp3) is 0.263. The van der Waals surface area contributed by atoms with Crippen LogP contribution in [0.4, 0.5) is 0 Å². The Morgan fingerprint density at radius 3 is 2.73 bits per heavy atom. The highest BCUT2D eigenvalue weighted by molar-refractivity contribution is 5.89. The summed E-state index contributed by atoms with van der Waals surface area (Å²) in [7, 11) is 1.60. The molecule has 0 saturated carbocycles. The lowest BCUT2D eigenvalue weighted by molar-refractivity contribution is -0.142. The summed E-state index contributed by atoms with van der Waals surface area (Å²) in [6.45, 7) is 3.65. The molecule has 2 rings (SSSR count). The molecule has 0 fully saturated rings. The van der Waals surface area contributed by atoms with Crippen LogP contribution in [0.3, 0.4) is 0 Å². The van der Waals surface area contributed by atoms with Crippen LogP contribution in [0.2, 0.25) is 0 Å². The second-order valence-corrected chi connectivity index (χ2v) is 5.85. The lowest BCUT2D eigenvalue weighted by Gasteiger charge is -2.22. The standard InChI is InChI=1S/C19H20N4O3/c1-4-23(3)18(25)19(2,26)10-8-13-6-5-7-14(12-13)15-9-11-21-17(22-15)16(20)24/h5-7,9,11-12,26H,4H2,1-3H3,(H2,20,24). The van der Waals surface area contributed by atoms with Crippen LogP contribution in [-0.2, 0) is 4.79 Å². The lowest BCUT2D eigenvalue weighted by atomic mass is 10.0. The maximum absolute atomic E-state index is 12.1. The lowest BCUT2D eigenvalue weighted by Crippen LogP contribution is -2.44. The van der Waals surface area contributed by atoms with E-state index in [1.807, 2.05) is 6.92 Å². The Kier molecular flexibility index (Phi) is 5.70. The number of carbonyl (C=O) groups excluding carboxylic acids is 2. The molecule has 7 heteroatoms. The summed E-state index contributed by atoms with van der Waals surface area (Å²) in [6, 6.07) is 8.70. The summed E-state index contributed by atoms with van der Waals surface area (Å²) >= 11 is 0. The first kappa shape index (κ1) is 19.1. The van der Waals surface area contributed by atoms with Gasteiger partial charge in [0.2, 0.25) is 11.4 Å². The van der Waals surface area contributed by atoms with E-state index in [-0.39, 0.29) is 5.82 Å². The van der Waals surface area contributed by atoms with Gasteiger partial charge in [0.1, 0.15) is 0 Å². The molecule has 1 heterocycles. The van der Waals surface area contributed by atoms with Crippen molar-refractivity contribution in [1.82, 2.24) is 14.9 Å². The third kappa shape index (κ3) is 4.43. The average Bonchev–Trinajstić information content (AvgIpc) is 2.65. The zero-order chi connectivity index (χ0) is 19.3. The minimum absolute atomic E-state index is 0.0740. The predicted molar refractivity (Wildman–Crippen MR) is 96.8 cm³/mol. The highest BCUT2D eigenvalue weighted by Crippen LogP contribution is 2.18. The molecule has 2 amide bonds. The van der Waals surface area contributed by atoms with Gasteiger partial charge in [0.15, 0.2) is 0 Å². The monoisotopic (exact) mass is 352 g/mol. The van der Waals surface area contributed by atoms with Crippen LogP contribution in [0.1, 0.15) is 30.0 Å². The molecule has 26 heavy (non-hydrogen) atoms. The molecule has 2 aromatic rings. The van der Waals surface area contributed by atoms with Gasteiger partial charge in [-0.25, -0.2) is 9.97 Å². The van der Waals surface area contributed by atoms with E-state index < -0.39 is 17.4 Å². The van der Waals surface area contributed by atoms with Crippen LogP contribution in [0.5, 0.6) is 0 Å². The molecule has 0 aliphatic heterocycles. The summed E-state index contributed by atoms with van der Waals surface area (Å²) in [4.78, 5) is 32.7. The van der Waals surface area contributed by atoms with E-state index in [0.29, 0.717) is 23.4 Å². The minimum atomic E-state index is -1.78. The Morgan fingerprint density at radius 2 is 2.08 bits per heavy atom. The quantitative estimate of drug-likeness (QED) is 0.792. The summed E-state index contributed by atoms with van der Waals surface area (Å²) in [5.74, 6) is 4.16. The van der Waals surface area contributed by atoms with Crippen molar-refractivity contribution < 1.29 is 14.7 Å². The van der Waals surface area contributed by atoms with Crippen LogP contribution < -0.4 is 5.73 Å². The molecule has 3 N–H and O–H groups in total. The molecule has 1 unspecified atom stereocenters. The van der Waals surface area contributed by atoms with Gasteiger partial charge in [-0.1, -0.05) is 24.0 Å². The number of likely N-dealkylation sites (N-methyl/N-ethyl adjacent to an activating group) is 1. The van der Waals surface area contributed by atoms with Gasteiger partial charge < -0.3 is 15.7 Å². The largest absolute Gasteiger partial charge is 0.370 e.